The summed E-state index contributed by atoms with van der Waals surface area (Å²) in [5.74, 6) is -1.07. The molecule has 0 heterocycles. The Labute approximate surface area is 447 Å². The SMILES string of the molecule is CC/C=C\C/C=C\C/C=C\C/C=C\C/C=C\CCCCCC(=O)OC[C@H](COC(=O)CCC/C=C\C/C=C\C/C=C\C/C=C\CCCCC)OC(=O)CCCCC/C=C\C/C=C\C/C=C\C/C=C\C/C=C\CC. The van der Waals surface area contributed by atoms with Gasteiger partial charge in [-0.1, -0.05) is 217 Å². The van der Waals surface area contributed by atoms with Crippen LogP contribution in [0.2, 0.25) is 0 Å². The van der Waals surface area contributed by atoms with E-state index in [4.69, 9.17) is 14.2 Å². The number of hydrogen-bond donors (Lipinski definition) is 0. The van der Waals surface area contributed by atoms with Crippen LogP contribution >= 0.6 is 0 Å². The number of esters is 3. The standard InChI is InChI=1S/C67H102O6/c1-4-7-10-13-16-19-22-25-28-31-33-36-39-42-45-48-51-54-57-60-66(69)72-63-64(62-71-65(68)59-56-53-50-47-44-41-38-35-30-27-24-21-18-15-12-9-6-3)73-67(70)61-58-55-52-49-46-43-40-37-34-32-29-26-23-20-17-14-11-8-5-2/h7-8,10-11,16-21,25-30,33-34,36-38,41-43,45-47,50,64H,4-6,9,12-15,22-24,31-32,35,39-40,44,48-49,51-63H2,1-3H3/b10-7-,11-8-,19-16-,20-17-,21-18-,28-25-,29-26-,30-27-,36-33-,37-34-,41-38-,45-42-,46-43-,50-47-/t64-/m0/s1. The maximum Gasteiger partial charge on any atom is 0.306 e. The fourth-order valence-electron chi connectivity index (χ4n) is 6.96. The fraction of sp³-hybridized carbons (Fsp3) is 0.537. The molecule has 0 bridgehead atoms. The molecule has 0 aliphatic carbocycles. The molecule has 0 aliphatic heterocycles. The highest BCUT2D eigenvalue weighted by atomic mass is 16.6. The molecular weight excluding hydrogens is 901 g/mol. The molecule has 0 aromatic rings. The fourth-order valence-corrected chi connectivity index (χ4v) is 6.96. The monoisotopic (exact) mass is 1000 g/mol. The van der Waals surface area contributed by atoms with Crippen LogP contribution in [0.3, 0.4) is 0 Å². The highest BCUT2D eigenvalue weighted by molar-refractivity contribution is 5.71. The van der Waals surface area contributed by atoms with E-state index >= 15 is 0 Å². The normalized spacial score (nSPS) is 13.4. The first kappa shape index (κ1) is 67.8. The highest BCUT2D eigenvalue weighted by Crippen LogP contribution is 2.11. The van der Waals surface area contributed by atoms with E-state index in [9.17, 15) is 14.4 Å². The van der Waals surface area contributed by atoms with Crippen LogP contribution < -0.4 is 0 Å². The molecule has 0 rings (SSSR count). The summed E-state index contributed by atoms with van der Waals surface area (Å²) in [4.78, 5) is 38.2. The van der Waals surface area contributed by atoms with Crippen LogP contribution in [-0.2, 0) is 28.6 Å². The average molecular weight is 1000 g/mol. The van der Waals surface area contributed by atoms with Gasteiger partial charge in [-0.2, -0.15) is 0 Å². The van der Waals surface area contributed by atoms with Gasteiger partial charge < -0.3 is 14.2 Å². The van der Waals surface area contributed by atoms with Gasteiger partial charge in [-0.3, -0.25) is 14.4 Å². The lowest BCUT2D eigenvalue weighted by Gasteiger charge is -2.18. The van der Waals surface area contributed by atoms with E-state index in [2.05, 4.69) is 191 Å². The number of unbranched alkanes of at least 4 members (excludes halogenated alkanes) is 10. The molecule has 0 radical (unpaired) electrons. The van der Waals surface area contributed by atoms with Crippen LogP contribution in [0, 0.1) is 0 Å². The summed E-state index contributed by atoms with van der Waals surface area (Å²) in [5, 5.41) is 0. The van der Waals surface area contributed by atoms with Crippen molar-refractivity contribution in [1.29, 1.82) is 0 Å². The zero-order chi connectivity index (χ0) is 52.9. The molecule has 0 aliphatic rings. The van der Waals surface area contributed by atoms with E-state index in [1.165, 1.54) is 25.7 Å². The van der Waals surface area contributed by atoms with Crippen molar-refractivity contribution in [2.24, 2.45) is 0 Å². The number of ether oxygens (including phenoxy) is 3. The Morgan fingerprint density at radius 1 is 0.288 bits per heavy atom. The van der Waals surface area contributed by atoms with Gasteiger partial charge in [0, 0.05) is 19.3 Å². The van der Waals surface area contributed by atoms with Crippen molar-refractivity contribution in [3.63, 3.8) is 0 Å². The first-order chi connectivity index (χ1) is 36.0. The van der Waals surface area contributed by atoms with E-state index in [0.717, 1.165) is 135 Å². The topological polar surface area (TPSA) is 78.9 Å². The quantitative estimate of drug-likeness (QED) is 0.0261. The summed E-state index contributed by atoms with van der Waals surface area (Å²) in [6.45, 7) is 6.26. The van der Waals surface area contributed by atoms with Gasteiger partial charge in [0.25, 0.3) is 0 Å². The van der Waals surface area contributed by atoms with Gasteiger partial charge >= 0.3 is 17.9 Å². The largest absolute Gasteiger partial charge is 0.462 e. The lowest BCUT2D eigenvalue weighted by Crippen LogP contribution is -2.30. The Morgan fingerprint density at radius 3 is 0.863 bits per heavy atom. The van der Waals surface area contributed by atoms with E-state index in [0.29, 0.717) is 19.3 Å². The van der Waals surface area contributed by atoms with Gasteiger partial charge in [-0.25, -0.2) is 0 Å². The van der Waals surface area contributed by atoms with Crippen molar-refractivity contribution in [2.75, 3.05) is 13.2 Å². The number of hydrogen-bond acceptors (Lipinski definition) is 6. The second-order valence-electron chi connectivity index (χ2n) is 18.1. The van der Waals surface area contributed by atoms with Gasteiger partial charge in [0.2, 0.25) is 0 Å². The molecule has 0 aromatic heterocycles. The maximum absolute atomic E-state index is 12.9. The van der Waals surface area contributed by atoms with Crippen molar-refractivity contribution in [2.45, 2.75) is 219 Å². The molecule has 406 valence electrons. The lowest BCUT2D eigenvalue weighted by molar-refractivity contribution is -0.167. The van der Waals surface area contributed by atoms with Gasteiger partial charge in [-0.15, -0.1) is 0 Å². The Balaban J connectivity index is 4.64. The number of carbonyl (C=O) groups excluding carboxylic acids is 3. The Bertz CT molecular complexity index is 1720. The van der Waals surface area contributed by atoms with Gasteiger partial charge in [0.15, 0.2) is 6.10 Å². The first-order valence-electron chi connectivity index (χ1n) is 28.6. The van der Waals surface area contributed by atoms with Crippen molar-refractivity contribution >= 4 is 17.9 Å². The van der Waals surface area contributed by atoms with E-state index < -0.39 is 6.10 Å². The number of allylic oxidation sites excluding steroid dienone is 28. The van der Waals surface area contributed by atoms with Gasteiger partial charge in [0.1, 0.15) is 13.2 Å². The minimum Gasteiger partial charge on any atom is -0.462 e. The predicted molar refractivity (Wildman–Crippen MR) is 315 cm³/mol. The van der Waals surface area contributed by atoms with E-state index in [1.54, 1.807) is 0 Å². The number of carbonyl (C=O) groups is 3. The molecule has 0 N–H and O–H groups in total. The molecule has 1 atom stereocenters. The van der Waals surface area contributed by atoms with Crippen LogP contribution in [0.5, 0.6) is 0 Å². The first-order valence-corrected chi connectivity index (χ1v) is 28.6. The predicted octanol–water partition coefficient (Wildman–Crippen LogP) is 19.5. The highest BCUT2D eigenvalue weighted by Gasteiger charge is 2.19. The molecule has 0 saturated carbocycles. The van der Waals surface area contributed by atoms with Crippen LogP contribution in [0.4, 0.5) is 0 Å². The van der Waals surface area contributed by atoms with Crippen molar-refractivity contribution < 1.29 is 28.6 Å². The molecule has 0 saturated heterocycles. The molecule has 0 fully saturated rings. The van der Waals surface area contributed by atoms with E-state index in [-0.39, 0.29) is 44.0 Å². The second kappa shape index (κ2) is 59.3. The molecule has 73 heavy (non-hydrogen) atoms. The zero-order valence-electron chi connectivity index (χ0n) is 46.3. The summed E-state index contributed by atoms with van der Waals surface area (Å²) in [5.41, 5.74) is 0. The van der Waals surface area contributed by atoms with E-state index in [1.807, 2.05) is 0 Å². The van der Waals surface area contributed by atoms with Crippen molar-refractivity contribution in [3.05, 3.63) is 170 Å². The summed E-state index contributed by atoms with van der Waals surface area (Å²) >= 11 is 0. The third-order valence-corrected chi connectivity index (χ3v) is 11.2. The Hall–Kier alpha value is -5.23. The molecule has 6 nitrogen and oxygen atoms in total. The third kappa shape index (κ3) is 57.5. The summed E-state index contributed by atoms with van der Waals surface area (Å²) in [6.07, 6.45) is 87.7. The minimum atomic E-state index is -0.842. The Kier molecular flexibility index (Phi) is 55.1. The zero-order valence-corrected chi connectivity index (χ0v) is 46.3. The van der Waals surface area contributed by atoms with Crippen LogP contribution in [-0.4, -0.2) is 37.2 Å². The van der Waals surface area contributed by atoms with Gasteiger partial charge in [0.05, 0.1) is 0 Å². The minimum absolute atomic E-state index is 0.135. The molecule has 0 amide bonds. The molecular formula is C67H102O6. The van der Waals surface area contributed by atoms with Gasteiger partial charge in [-0.05, 0) is 148 Å². The summed E-state index contributed by atoms with van der Waals surface area (Å²) in [6, 6.07) is 0. The number of rotatable bonds is 49. The third-order valence-electron chi connectivity index (χ3n) is 11.2. The second-order valence-corrected chi connectivity index (χ2v) is 18.1. The van der Waals surface area contributed by atoms with Crippen molar-refractivity contribution in [1.82, 2.24) is 0 Å². The maximum atomic E-state index is 12.9. The molecule has 6 heteroatoms. The summed E-state index contributed by atoms with van der Waals surface area (Å²) < 4.78 is 16.8. The average Bonchev–Trinajstić information content (AvgIpc) is 3.39. The van der Waals surface area contributed by atoms with Crippen LogP contribution in [0.1, 0.15) is 213 Å². The van der Waals surface area contributed by atoms with Crippen LogP contribution in [0.25, 0.3) is 0 Å². The van der Waals surface area contributed by atoms with Crippen molar-refractivity contribution in [3.8, 4) is 0 Å². The molecule has 0 spiro atoms. The summed E-state index contributed by atoms with van der Waals surface area (Å²) in [7, 11) is 0. The van der Waals surface area contributed by atoms with Crippen LogP contribution in [0.15, 0.2) is 170 Å². The molecule has 0 aromatic carbocycles. The Morgan fingerprint density at radius 2 is 0.548 bits per heavy atom. The lowest BCUT2D eigenvalue weighted by atomic mass is 10.1. The molecule has 0 unspecified atom stereocenters. The smallest absolute Gasteiger partial charge is 0.306 e.